The molecule has 4 aromatic carbocycles. The third-order valence-corrected chi connectivity index (χ3v) is 13.0. The van der Waals surface area contributed by atoms with Crippen molar-refractivity contribution in [1.29, 1.82) is 0 Å². The third-order valence-electron chi connectivity index (χ3n) is 13.0. The normalized spacial score (nSPS) is 24.9. The van der Waals surface area contributed by atoms with Crippen LogP contribution in [0.1, 0.15) is 104 Å². The second-order valence-electron chi connectivity index (χ2n) is 15.7. The van der Waals surface area contributed by atoms with Gasteiger partial charge in [-0.25, -0.2) is 5.48 Å². The highest BCUT2D eigenvalue weighted by Crippen LogP contribution is 2.66. The van der Waals surface area contributed by atoms with Crippen LogP contribution in [0.15, 0.2) is 115 Å². The van der Waals surface area contributed by atoms with Gasteiger partial charge < -0.3 is 10.2 Å². The van der Waals surface area contributed by atoms with E-state index in [9.17, 15) is 15.0 Å². The first-order valence-electron chi connectivity index (χ1n) is 19.4. The fourth-order valence-electron chi connectivity index (χ4n) is 10.2. The number of nitrogens with one attached hydrogen (secondary N) is 1. The van der Waals surface area contributed by atoms with Gasteiger partial charge in [-0.15, -0.1) is 5.10 Å². The summed E-state index contributed by atoms with van der Waals surface area (Å²) in [6.07, 6.45) is 10.4. The predicted molar refractivity (Wildman–Crippen MR) is 204 cm³/mol. The number of carbonyl (C=O) groups excluding carboxylic acids is 1. The van der Waals surface area contributed by atoms with Gasteiger partial charge in [0.1, 0.15) is 17.0 Å². The summed E-state index contributed by atoms with van der Waals surface area (Å²) in [6, 6.07) is 35.9. The van der Waals surface area contributed by atoms with E-state index >= 15 is 0 Å². The monoisotopic (exact) mass is 710 g/mol. The number of hydrogen-bond acceptors (Lipinski definition) is 6. The SMILES string of the molecule is C[C@]12CC[C@@H]3c4ccc(O)cc4CC[C@H]3[C@@H]1CC[C@@]2(O)c1cn(CCCCCC(=O)NOC(c2ccccc2)(c2ccccc2)c2ccccc2)nn1. The molecule has 1 heterocycles. The lowest BCUT2D eigenvalue weighted by Gasteiger charge is -2.52. The lowest BCUT2D eigenvalue weighted by atomic mass is 9.53. The van der Waals surface area contributed by atoms with E-state index in [1.165, 1.54) is 11.1 Å². The van der Waals surface area contributed by atoms with Gasteiger partial charge in [0.25, 0.3) is 0 Å². The number of benzene rings is 4. The number of carbonyl (C=O) groups is 1. The molecule has 8 nitrogen and oxygen atoms in total. The van der Waals surface area contributed by atoms with Crippen molar-refractivity contribution >= 4 is 5.91 Å². The molecule has 5 aromatic rings. The highest BCUT2D eigenvalue weighted by molar-refractivity contribution is 5.74. The van der Waals surface area contributed by atoms with E-state index < -0.39 is 11.2 Å². The molecule has 3 N–H and O–H groups in total. The van der Waals surface area contributed by atoms with Crippen LogP contribution in [0.4, 0.5) is 0 Å². The number of phenolic OH excluding ortho intramolecular Hbond substituents is 1. The molecule has 3 aliphatic rings. The van der Waals surface area contributed by atoms with E-state index in [0.29, 0.717) is 55.0 Å². The maximum atomic E-state index is 13.2. The first-order chi connectivity index (χ1) is 25.8. The van der Waals surface area contributed by atoms with Gasteiger partial charge in [0.15, 0.2) is 5.60 Å². The molecule has 0 spiro atoms. The van der Waals surface area contributed by atoms with Gasteiger partial charge in [0, 0.05) is 18.4 Å². The van der Waals surface area contributed by atoms with Gasteiger partial charge in [0.2, 0.25) is 5.91 Å². The lowest BCUT2D eigenvalue weighted by Crippen LogP contribution is -2.49. The van der Waals surface area contributed by atoms with Crippen LogP contribution in [0.5, 0.6) is 5.75 Å². The Hall–Kier alpha value is -4.79. The Labute approximate surface area is 312 Å². The molecule has 53 heavy (non-hydrogen) atoms. The molecular weight excluding hydrogens is 661 g/mol. The van der Waals surface area contributed by atoms with Crippen molar-refractivity contribution in [3.63, 3.8) is 0 Å². The van der Waals surface area contributed by atoms with E-state index in [2.05, 4.69) is 28.8 Å². The Bertz CT molecular complexity index is 1920. The maximum Gasteiger partial charge on any atom is 0.243 e. The van der Waals surface area contributed by atoms with Crippen molar-refractivity contribution in [2.45, 2.75) is 94.8 Å². The highest BCUT2D eigenvalue weighted by Gasteiger charge is 2.63. The van der Waals surface area contributed by atoms with Gasteiger partial charge in [-0.1, -0.05) is 116 Å². The Morgan fingerprint density at radius 1 is 0.868 bits per heavy atom. The summed E-state index contributed by atoms with van der Waals surface area (Å²) in [5.41, 5.74) is 6.69. The average molecular weight is 711 g/mol. The number of aromatic nitrogens is 3. The van der Waals surface area contributed by atoms with Crippen molar-refractivity contribution in [2.24, 2.45) is 17.3 Å². The van der Waals surface area contributed by atoms with Gasteiger partial charge in [-0.3, -0.25) is 14.3 Å². The number of aryl methyl sites for hydroxylation is 2. The van der Waals surface area contributed by atoms with Crippen LogP contribution in [0.3, 0.4) is 0 Å². The number of fused-ring (bicyclic) bond motifs is 5. The van der Waals surface area contributed by atoms with Crippen LogP contribution >= 0.6 is 0 Å². The van der Waals surface area contributed by atoms with Crippen molar-refractivity contribution in [2.75, 3.05) is 0 Å². The molecule has 8 rings (SSSR count). The second kappa shape index (κ2) is 14.6. The summed E-state index contributed by atoms with van der Waals surface area (Å²) in [5.74, 6) is 1.63. The molecule has 0 unspecified atom stereocenters. The van der Waals surface area contributed by atoms with Crippen molar-refractivity contribution in [3.05, 3.63) is 149 Å². The van der Waals surface area contributed by atoms with E-state index in [1.807, 2.05) is 114 Å². The van der Waals surface area contributed by atoms with E-state index in [1.54, 1.807) is 0 Å². The fourth-order valence-corrected chi connectivity index (χ4v) is 10.2. The zero-order valence-electron chi connectivity index (χ0n) is 30.5. The molecule has 0 aliphatic heterocycles. The Morgan fingerprint density at radius 3 is 2.19 bits per heavy atom. The van der Waals surface area contributed by atoms with E-state index in [-0.39, 0.29) is 11.3 Å². The molecule has 2 saturated carbocycles. The number of aliphatic hydroxyl groups is 1. The quantitative estimate of drug-likeness (QED) is 0.0683. The molecule has 0 bridgehead atoms. The summed E-state index contributed by atoms with van der Waals surface area (Å²) in [7, 11) is 0. The molecule has 0 radical (unpaired) electrons. The lowest BCUT2D eigenvalue weighted by molar-refractivity contribution is -0.143. The number of nitrogens with zero attached hydrogens (tertiary/aromatic N) is 3. The zero-order chi connectivity index (χ0) is 36.5. The summed E-state index contributed by atoms with van der Waals surface area (Å²) >= 11 is 0. The van der Waals surface area contributed by atoms with Gasteiger partial charge in [-0.05, 0) is 109 Å². The van der Waals surface area contributed by atoms with Crippen LogP contribution in [0.2, 0.25) is 0 Å². The Balaban J connectivity index is 0.865. The molecule has 1 aromatic heterocycles. The molecule has 5 atom stereocenters. The molecule has 2 fully saturated rings. The number of aromatic hydroxyl groups is 1. The first kappa shape index (κ1) is 35.3. The number of hydroxylamine groups is 1. The molecule has 1 amide bonds. The van der Waals surface area contributed by atoms with Crippen LogP contribution in [0, 0.1) is 17.3 Å². The van der Waals surface area contributed by atoms with Crippen molar-refractivity contribution in [3.8, 4) is 5.75 Å². The smallest absolute Gasteiger partial charge is 0.243 e. The number of rotatable bonds is 12. The van der Waals surface area contributed by atoms with Crippen LogP contribution < -0.4 is 5.48 Å². The van der Waals surface area contributed by atoms with Crippen molar-refractivity contribution < 1.29 is 19.8 Å². The number of phenols is 1. The molecule has 3 aliphatic carbocycles. The van der Waals surface area contributed by atoms with E-state index in [4.69, 9.17) is 4.84 Å². The molecule has 0 saturated heterocycles. The molecular formula is C45H50N4O4. The predicted octanol–water partition coefficient (Wildman–Crippen LogP) is 8.33. The van der Waals surface area contributed by atoms with Gasteiger partial charge in [0.05, 0.1) is 6.20 Å². The number of unbranched alkanes of at least 4 members (excludes halogenated alkanes) is 2. The molecule has 8 heteroatoms. The summed E-state index contributed by atoms with van der Waals surface area (Å²) < 4.78 is 1.86. The Kier molecular flexibility index (Phi) is 9.68. The zero-order valence-corrected chi connectivity index (χ0v) is 30.5. The minimum Gasteiger partial charge on any atom is -0.508 e. The summed E-state index contributed by atoms with van der Waals surface area (Å²) in [4.78, 5) is 19.7. The topological polar surface area (TPSA) is 110 Å². The average Bonchev–Trinajstić information content (AvgIpc) is 3.78. The number of amides is 1. The van der Waals surface area contributed by atoms with Crippen LogP contribution in [-0.4, -0.2) is 31.1 Å². The second-order valence-corrected chi connectivity index (χ2v) is 15.7. The third kappa shape index (κ3) is 6.36. The van der Waals surface area contributed by atoms with Gasteiger partial charge in [-0.2, -0.15) is 0 Å². The van der Waals surface area contributed by atoms with E-state index in [0.717, 1.165) is 61.6 Å². The summed E-state index contributed by atoms with van der Waals surface area (Å²) in [5, 5.41) is 31.4. The van der Waals surface area contributed by atoms with Crippen LogP contribution in [0.25, 0.3) is 0 Å². The van der Waals surface area contributed by atoms with Gasteiger partial charge >= 0.3 is 0 Å². The molecule has 274 valence electrons. The fraction of sp³-hybridized carbons (Fsp3) is 0.400. The van der Waals surface area contributed by atoms with Crippen molar-refractivity contribution in [1.82, 2.24) is 20.5 Å². The Morgan fingerprint density at radius 2 is 1.53 bits per heavy atom. The summed E-state index contributed by atoms with van der Waals surface area (Å²) in [6.45, 7) is 2.96. The standard InChI is InChI=1S/C45H50N4O4/c1-43-27-25-38-37-24-22-36(50)30-32(37)21-23-39(38)40(43)26-28-44(43,52)41-31-49(48-46-41)29-13-5-12-20-42(51)47-53-45(33-14-6-2-7-15-33,34-16-8-3-9-17-34)35-18-10-4-11-19-35/h2-4,6-11,14-19,22,24,30-31,38-40,50,52H,5,12-13,20-21,23,25-29H2,1H3,(H,47,51)/t38-,39-,40+,43+,44-/m1/s1. The number of hydrogen-bond donors (Lipinski definition) is 3. The van der Waals surface area contributed by atoms with Crippen LogP contribution in [-0.2, 0) is 33.8 Å². The largest absolute Gasteiger partial charge is 0.508 e. The highest BCUT2D eigenvalue weighted by atomic mass is 16.7. The minimum atomic E-state index is -1.02. The first-order valence-corrected chi connectivity index (χ1v) is 19.4. The minimum absolute atomic E-state index is 0.166. The maximum absolute atomic E-state index is 13.2.